The third-order valence-electron chi connectivity index (χ3n) is 3.79. The van der Waals surface area contributed by atoms with E-state index in [4.69, 9.17) is 9.15 Å². The summed E-state index contributed by atoms with van der Waals surface area (Å²) in [7, 11) is 0. The van der Waals surface area contributed by atoms with Crippen LogP contribution in [0.2, 0.25) is 0 Å². The molecular formula is C20H18N2O5S. The lowest BCUT2D eigenvalue weighted by atomic mass is 10.2. The first kappa shape index (κ1) is 19.4. The van der Waals surface area contributed by atoms with Crippen molar-refractivity contribution in [2.75, 3.05) is 5.32 Å². The van der Waals surface area contributed by atoms with Gasteiger partial charge in [-0.1, -0.05) is 6.07 Å². The van der Waals surface area contributed by atoms with E-state index in [2.05, 4.69) is 10.6 Å². The number of carbonyl (C=O) groups is 3. The summed E-state index contributed by atoms with van der Waals surface area (Å²) in [5.41, 5.74) is 0.772. The minimum Gasteiger partial charge on any atom is -0.459 e. The summed E-state index contributed by atoms with van der Waals surface area (Å²) in [6.07, 6.45) is 0.483. The van der Waals surface area contributed by atoms with Gasteiger partial charge in [0.25, 0.3) is 11.8 Å². The predicted octanol–water partition coefficient (Wildman–Crippen LogP) is 3.46. The van der Waals surface area contributed by atoms with Crippen LogP contribution in [0.3, 0.4) is 0 Å². The fraction of sp³-hybridized carbons (Fsp3) is 0.150. The van der Waals surface area contributed by atoms with Crippen LogP contribution in [-0.4, -0.2) is 23.9 Å². The Balaban J connectivity index is 1.50. The first-order valence-electron chi connectivity index (χ1n) is 8.49. The van der Waals surface area contributed by atoms with Gasteiger partial charge in [-0.15, -0.1) is 11.3 Å². The number of rotatable bonds is 7. The Bertz CT molecular complexity index is 934. The molecule has 2 aromatic heterocycles. The van der Waals surface area contributed by atoms with E-state index in [0.717, 1.165) is 4.88 Å². The first-order chi connectivity index (χ1) is 13.5. The molecule has 8 heteroatoms. The van der Waals surface area contributed by atoms with Gasteiger partial charge in [0.2, 0.25) is 0 Å². The van der Waals surface area contributed by atoms with E-state index < -0.39 is 18.0 Å². The molecule has 0 unspecified atom stereocenters. The molecule has 0 saturated carbocycles. The molecular weight excluding hydrogens is 380 g/mol. The van der Waals surface area contributed by atoms with Crippen molar-refractivity contribution in [1.82, 2.24) is 5.32 Å². The minimum absolute atomic E-state index is 0.186. The van der Waals surface area contributed by atoms with Crippen LogP contribution in [0, 0.1) is 0 Å². The van der Waals surface area contributed by atoms with E-state index in [0.29, 0.717) is 12.2 Å². The smallest absolute Gasteiger partial charge is 0.338 e. The molecule has 2 amide bonds. The standard InChI is InChI=1S/C20H18N2O5S/c1-13(18(23)21-12-16-4-3-11-28-16)27-20(25)14-6-8-15(9-7-14)22-19(24)17-5-2-10-26-17/h2-11,13H,12H2,1H3,(H,21,23)(H,22,24)/t13-/m0/s1. The van der Waals surface area contributed by atoms with Gasteiger partial charge in [0.1, 0.15) is 0 Å². The summed E-state index contributed by atoms with van der Waals surface area (Å²) in [5.74, 6) is -1.20. The third-order valence-corrected chi connectivity index (χ3v) is 4.67. The van der Waals surface area contributed by atoms with Gasteiger partial charge in [0.15, 0.2) is 11.9 Å². The van der Waals surface area contributed by atoms with Gasteiger partial charge in [-0.2, -0.15) is 0 Å². The average Bonchev–Trinajstić information content (AvgIpc) is 3.40. The first-order valence-corrected chi connectivity index (χ1v) is 9.37. The van der Waals surface area contributed by atoms with Crippen LogP contribution in [0.15, 0.2) is 64.6 Å². The Morgan fingerprint density at radius 2 is 1.89 bits per heavy atom. The van der Waals surface area contributed by atoms with Crippen LogP contribution in [0.25, 0.3) is 0 Å². The number of furan rings is 1. The Morgan fingerprint density at radius 1 is 1.11 bits per heavy atom. The summed E-state index contributed by atoms with van der Waals surface area (Å²) in [6, 6.07) is 13.1. The van der Waals surface area contributed by atoms with Crippen molar-refractivity contribution in [2.24, 2.45) is 0 Å². The largest absolute Gasteiger partial charge is 0.459 e. The summed E-state index contributed by atoms with van der Waals surface area (Å²) in [6.45, 7) is 1.90. The second-order valence-electron chi connectivity index (χ2n) is 5.85. The van der Waals surface area contributed by atoms with Crippen LogP contribution in [0.4, 0.5) is 5.69 Å². The third kappa shape index (κ3) is 5.08. The maximum absolute atomic E-state index is 12.2. The maximum atomic E-state index is 12.2. The van der Waals surface area contributed by atoms with Crippen molar-refractivity contribution in [1.29, 1.82) is 0 Å². The number of esters is 1. The molecule has 0 aliphatic rings. The predicted molar refractivity (Wildman–Crippen MR) is 104 cm³/mol. The van der Waals surface area contributed by atoms with Crippen molar-refractivity contribution in [2.45, 2.75) is 19.6 Å². The van der Waals surface area contributed by atoms with Gasteiger partial charge in [-0.25, -0.2) is 4.79 Å². The molecule has 0 aliphatic heterocycles. The molecule has 0 radical (unpaired) electrons. The number of benzene rings is 1. The van der Waals surface area contributed by atoms with Gasteiger partial charge in [0, 0.05) is 10.6 Å². The fourth-order valence-corrected chi connectivity index (χ4v) is 2.95. The molecule has 2 N–H and O–H groups in total. The van der Waals surface area contributed by atoms with E-state index in [1.807, 2.05) is 17.5 Å². The van der Waals surface area contributed by atoms with Gasteiger partial charge in [0.05, 0.1) is 18.4 Å². The lowest BCUT2D eigenvalue weighted by Gasteiger charge is -2.13. The molecule has 0 fully saturated rings. The van der Waals surface area contributed by atoms with Crippen molar-refractivity contribution < 1.29 is 23.5 Å². The second-order valence-corrected chi connectivity index (χ2v) is 6.89. The van der Waals surface area contributed by atoms with E-state index in [-0.39, 0.29) is 17.2 Å². The number of hydrogen-bond acceptors (Lipinski definition) is 6. The maximum Gasteiger partial charge on any atom is 0.338 e. The average molecular weight is 398 g/mol. The van der Waals surface area contributed by atoms with Gasteiger partial charge in [-0.05, 0) is 54.8 Å². The summed E-state index contributed by atoms with van der Waals surface area (Å²) in [4.78, 5) is 37.2. The SMILES string of the molecule is C[C@H](OC(=O)c1ccc(NC(=O)c2ccco2)cc1)C(=O)NCc1cccs1. The molecule has 2 heterocycles. The van der Waals surface area contributed by atoms with Crippen molar-refractivity contribution in [3.63, 3.8) is 0 Å². The zero-order valence-electron chi connectivity index (χ0n) is 15.0. The number of thiophene rings is 1. The Kier molecular flexibility index (Phi) is 6.23. The minimum atomic E-state index is -0.925. The Labute approximate surface area is 165 Å². The molecule has 7 nitrogen and oxygen atoms in total. The Hall–Kier alpha value is -3.39. The zero-order valence-corrected chi connectivity index (χ0v) is 15.8. The zero-order chi connectivity index (χ0) is 19.9. The molecule has 1 aromatic carbocycles. The molecule has 1 atom stereocenters. The molecule has 0 spiro atoms. The second kappa shape index (κ2) is 9.01. The molecule has 0 saturated heterocycles. The van der Waals surface area contributed by atoms with Gasteiger partial charge in [-0.3, -0.25) is 9.59 Å². The lowest BCUT2D eigenvalue weighted by Crippen LogP contribution is -2.35. The number of ether oxygens (including phenoxy) is 1. The van der Waals surface area contributed by atoms with Crippen LogP contribution in [0.5, 0.6) is 0 Å². The summed E-state index contributed by atoms with van der Waals surface area (Å²) < 4.78 is 10.2. The highest BCUT2D eigenvalue weighted by atomic mass is 32.1. The number of anilines is 1. The normalized spacial score (nSPS) is 11.5. The topological polar surface area (TPSA) is 97.6 Å². The number of carbonyl (C=O) groups excluding carboxylic acids is 3. The molecule has 28 heavy (non-hydrogen) atoms. The van der Waals surface area contributed by atoms with E-state index in [1.165, 1.54) is 36.7 Å². The highest BCUT2D eigenvalue weighted by molar-refractivity contribution is 7.09. The van der Waals surface area contributed by atoms with Gasteiger partial charge < -0.3 is 19.8 Å². The number of hydrogen-bond donors (Lipinski definition) is 2. The van der Waals surface area contributed by atoms with Crippen LogP contribution in [-0.2, 0) is 16.1 Å². The van der Waals surface area contributed by atoms with E-state index in [9.17, 15) is 14.4 Å². The highest BCUT2D eigenvalue weighted by Crippen LogP contribution is 2.13. The highest BCUT2D eigenvalue weighted by Gasteiger charge is 2.19. The monoisotopic (exact) mass is 398 g/mol. The van der Waals surface area contributed by atoms with Crippen LogP contribution < -0.4 is 10.6 Å². The molecule has 0 bridgehead atoms. The molecule has 3 aromatic rings. The van der Waals surface area contributed by atoms with Crippen molar-refractivity contribution in [3.8, 4) is 0 Å². The summed E-state index contributed by atoms with van der Waals surface area (Å²) >= 11 is 1.53. The van der Waals surface area contributed by atoms with Crippen molar-refractivity contribution in [3.05, 3.63) is 76.4 Å². The molecule has 0 aliphatic carbocycles. The quantitative estimate of drug-likeness (QED) is 0.594. The molecule has 3 rings (SSSR count). The number of amides is 2. The van der Waals surface area contributed by atoms with Gasteiger partial charge >= 0.3 is 5.97 Å². The van der Waals surface area contributed by atoms with Crippen LogP contribution >= 0.6 is 11.3 Å². The van der Waals surface area contributed by atoms with E-state index in [1.54, 1.807) is 24.3 Å². The Morgan fingerprint density at radius 3 is 2.54 bits per heavy atom. The number of nitrogens with one attached hydrogen (secondary N) is 2. The molecule has 144 valence electrons. The van der Waals surface area contributed by atoms with Crippen molar-refractivity contribution >= 4 is 34.8 Å². The van der Waals surface area contributed by atoms with Crippen LogP contribution in [0.1, 0.15) is 32.7 Å². The van der Waals surface area contributed by atoms with E-state index >= 15 is 0 Å². The fourth-order valence-electron chi connectivity index (χ4n) is 2.30. The summed E-state index contributed by atoms with van der Waals surface area (Å²) in [5, 5.41) is 7.30. The lowest BCUT2D eigenvalue weighted by molar-refractivity contribution is -0.129.